The lowest BCUT2D eigenvalue weighted by Gasteiger charge is -2.36. The maximum atomic E-state index is 11.9. The van der Waals surface area contributed by atoms with Gasteiger partial charge in [-0.1, -0.05) is 6.92 Å². The third-order valence-corrected chi connectivity index (χ3v) is 3.21. The van der Waals surface area contributed by atoms with E-state index in [0.29, 0.717) is 19.5 Å². The second-order valence-corrected chi connectivity index (χ2v) is 4.49. The molecule has 0 aromatic heterocycles. The van der Waals surface area contributed by atoms with E-state index in [1.807, 2.05) is 14.0 Å². The van der Waals surface area contributed by atoms with Crippen molar-refractivity contribution in [3.05, 3.63) is 0 Å². The molecule has 0 radical (unpaired) electrons. The quantitative estimate of drug-likeness (QED) is 0.725. The lowest BCUT2D eigenvalue weighted by atomic mass is 9.94. The van der Waals surface area contributed by atoms with Crippen molar-refractivity contribution in [3.63, 3.8) is 0 Å². The lowest BCUT2D eigenvalue weighted by Crippen LogP contribution is -2.52. The first-order chi connectivity index (χ1) is 8.12. The molecular formula is C12H22N2O3. The summed E-state index contributed by atoms with van der Waals surface area (Å²) in [6, 6.07) is 0.175. The normalized spacial score (nSPS) is 24.5. The van der Waals surface area contributed by atoms with Crippen LogP contribution >= 0.6 is 0 Å². The number of methoxy groups -OCH3 is 1. The summed E-state index contributed by atoms with van der Waals surface area (Å²) in [6.07, 6.45) is 2.12. The molecule has 2 unspecified atom stereocenters. The van der Waals surface area contributed by atoms with Gasteiger partial charge in [-0.3, -0.25) is 9.59 Å². The molecule has 0 saturated carbocycles. The molecule has 1 amide bonds. The molecule has 1 saturated heterocycles. The number of carbonyl (C=O) groups is 2. The number of hydrogen-bond acceptors (Lipinski definition) is 4. The van der Waals surface area contributed by atoms with E-state index < -0.39 is 0 Å². The van der Waals surface area contributed by atoms with Crippen LogP contribution in [0, 0.1) is 5.92 Å². The van der Waals surface area contributed by atoms with Crippen LogP contribution in [0.2, 0.25) is 0 Å². The molecule has 2 atom stereocenters. The van der Waals surface area contributed by atoms with Crippen molar-refractivity contribution in [2.45, 2.75) is 32.2 Å². The van der Waals surface area contributed by atoms with Gasteiger partial charge in [-0.05, 0) is 19.9 Å². The summed E-state index contributed by atoms with van der Waals surface area (Å²) in [5.41, 5.74) is 0. The minimum atomic E-state index is -0.223. The molecular weight excluding hydrogens is 220 g/mol. The fourth-order valence-corrected chi connectivity index (χ4v) is 2.22. The number of nitrogens with zero attached hydrogens (tertiary/aromatic N) is 1. The zero-order valence-electron chi connectivity index (χ0n) is 10.9. The molecule has 0 spiro atoms. The zero-order chi connectivity index (χ0) is 12.8. The Morgan fingerprint density at radius 3 is 2.65 bits per heavy atom. The molecule has 98 valence electrons. The van der Waals surface area contributed by atoms with Crippen molar-refractivity contribution in [2.75, 3.05) is 27.2 Å². The number of nitrogens with one attached hydrogen (secondary N) is 1. The van der Waals surface area contributed by atoms with E-state index in [1.165, 1.54) is 7.11 Å². The average molecular weight is 242 g/mol. The standard InChI is InChI=1S/C12H22N2O3/c1-4-5-11(15)14-7-9(12(16)17-3)6-10(8-14)13-2/h9-10,13H,4-8H2,1-3H3. The predicted molar refractivity (Wildman–Crippen MR) is 64.5 cm³/mol. The zero-order valence-corrected chi connectivity index (χ0v) is 10.9. The van der Waals surface area contributed by atoms with Gasteiger partial charge in [0.1, 0.15) is 0 Å². The molecule has 5 heteroatoms. The third kappa shape index (κ3) is 3.70. The van der Waals surface area contributed by atoms with Gasteiger partial charge < -0.3 is 15.0 Å². The van der Waals surface area contributed by atoms with Crippen molar-refractivity contribution in [2.24, 2.45) is 5.92 Å². The second-order valence-electron chi connectivity index (χ2n) is 4.49. The van der Waals surface area contributed by atoms with Gasteiger partial charge in [0.2, 0.25) is 5.91 Å². The van der Waals surface area contributed by atoms with Crippen molar-refractivity contribution in [1.29, 1.82) is 0 Å². The number of piperidine rings is 1. The second kappa shape index (κ2) is 6.59. The maximum absolute atomic E-state index is 11.9. The van der Waals surface area contributed by atoms with Gasteiger partial charge in [-0.25, -0.2) is 0 Å². The van der Waals surface area contributed by atoms with E-state index in [1.54, 1.807) is 4.90 Å². The lowest BCUT2D eigenvalue weighted by molar-refractivity contribution is -0.149. The first-order valence-corrected chi connectivity index (χ1v) is 6.15. The number of amides is 1. The van der Waals surface area contributed by atoms with Crippen LogP contribution in [0.25, 0.3) is 0 Å². The highest BCUT2D eigenvalue weighted by Gasteiger charge is 2.33. The van der Waals surface area contributed by atoms with Gasteiger partial charge >= 0.3 is 5.97 Å². The van der Waals surface area contributed by atoms with Crippen LogP contribution in [0.1, 0.15) is 26.2 Å². The van der Waals surface area contributed by atoms with Gasteiger partial charge in [-0.15, -0.1) is 0 Å². The van der Waals surface area contributed by atoms with Crippen LogP contribution in [0.5, 0.6) is 0 Å². The molecule has 1 N–H and O–H groups in total. The fourth-order valence-electron chi connectivity index (χ4n) is 2.22. The Morgan fingerprint density at radius 2 is 2.12 bits per heavy atom. The number of ether oxygens (including phenoxy) is 1. The van der Waals surface area contributed by atoms with E-state index in [2.05, 4.69) is 5.32 Å². The Bertz CT molecular complexity index is 281. The molecule has 1 rings (SSSR count). The predicted octanol–water partition coefficient (Wildman–Crippen LogP) is 0.396. The molecule has 17 heavy (non-hydrogen) atoms. The Hall–Kier alpha value is -1.10. The molecule has 5 nitrogen and oxygen atoms in total. The van der Waals surface area contributed by atoms with Crippen LogP contribution in [-0.4, -0.2) is 50.1 Å². The highest BCUT2D eigenvalue weighted by Crippen LogP contribution is 2.19. The Morgan fingerprint density at radius 1 is 1.41 bits per heavy atom. The van der Waals surface area contributed by atoms with Crippen molar-refractivity contribution in [1.82, 2.24) is 10.2 Å². The summed E-state index contributed by atoms with van der Waals surface area (Å²) in [6.45, 7) is 3.15. The van der Waals surface area contributed by atoms with Crippen LogP contribution in [-0.2, 0) is 14.3 Å². The Labute approximate surface area is 102 Å². The van der Waals surface area contributed by atoms with Gasteiger partial charge in [-0.2, -0.15) is 0 Å². The molecule has 1 fully saturated rings. The molecule has 0 bridgehead atoms. The number of likely N-dealkylation sites (tertiary alicyclic amines) is 1. The Balaban J connectivity index is 2.66. The summed E-state index contributed by atoms with van der Waals surface area (Å²) in [5.74, 6) is -0.299. The molecule has 1 aliphatic heterocycles. The van der Waals surface area contributed by atoms with Crippen molar-refractivity contribution >= 4 is 11.9 Å². The molecule has 1 heterocycles. The first kappa shape index (κ1) is 14.0. The van der Waals surface area contributed by atoms with E-state index >= 15 is 0 Å². The van der Waals surface area contributed by atoms with Crippen LogP contribution in [0.15, 0.2) is 0 Å². The number of rotatable bonds is 4. The largest absolute Gasteiger partial charge is 0.469 e. The Kier molecular flexibility index (Phi) is 5.41. The number of esters is 1. The molecule has 0 aromatic carbocycles. The third-order valence-electron chi connectivity index (χ3n) is 3.21. The van der Waals surface area contributed by atoms with Gasteiger partial charge in [0.05, 0.1) is 13.0 Å². The van der Waals surface area contributed by atoms with Crippen LogP contribution < -0.4 is 5.32 Å². The number of carbonyl (C=O) groups excluding carboxylic acids is 2. The fraction of sp³-hybridized carbons (Fsp3) is 0.833. The smallest absolute Gasteiger partial charge is 0.310 e. The highest BCUT2D eigenvalue weighted by atomic mass is 16.5. The van der Waals surface area contributed by atoms with Crippen molar-refractivity contribution in [3.8, 4) is 0 Å². The summed E-state index contributed by atoms with van der Waals surface area (Å²) in [7, 11) is 3.25. The monoisotopic (exact) mass is 242 g/mol. The molecule has 1 aliphatic rings. The number of likely N-dealkylation sites (N-methyl/N-ethyl adjacent to an activating group) is 1. The maximum Gasteiger partial charge on any atom is 0.310 e. The summed E-state index contributed by atoms with van der Waals surface area (Å²) < 4.78 is 4.77. The minimum Gasteiger partial charge on any atom is -0.469 e. The van der Waals surface area contributed by atoms with Gasteiger partial charge in [0.15, 0.2) is 0 Å². The van der Waals surface area contributed by atoms with Crippen molar-refractivity contribution < 1.29 is 14.3 Å². The first-order valence-electron chi connectivity index (χ1n) is 6.15. The van der Waals surface area contributed by atoms with Crippen LogP contribution in [0.4, 0.5) is 0 Å². The van der Waals surface area contributed by atoms with Gasteiger partial charge in [0.25, 0.3) is 0 Å². The summed E-state index contributed by atoms with van der Waals surface area (Å²) in [5, 5.41) is 3.14. The van der Waals surface area contributed by atoms with Gasteiger partial charge in [0, 0.05) is 25.6 Å². The van der Waals surface area contributed by atoms with Crippen LogP contribution in [0.3, 0.4) is 0 Å². The molecule has 0 aromatic rings. The average Bonchev–Trinajstić information content (AvgIpc) is 2.37. The SMILES string of the molecule is CCCC(=O)N1CC(NC)CC(C(=O)OC)C1. The minimum absolute atomic E-state index is 0.126. The van der Waals surface area contributed by atoms with E-state index in [4.69, 9.17) is 4.74 Å². The van der Waals surface area contributed by atoms with E-state index in [9.17, 15) is 9.59 Å². The number of hydrogen-bond donors (Lipinski definition) is 1. The van der Waals surface area contributed by atoms with E-state index in [0.717, 1.165) is 12.8 Å². The highest BCUT2D eigenvalue weighted by molar-refractivity contribution is 5.78. The summed E-state index contributed by atoms with van der Waals surface area (Å²) in [4.78, 5) is 25.2. The summed E-state index contributed by atoms with van der Waals surface area (Å²) >= 11 is 0. The van der Waals surface area contributed by atoms with E-state index in [-0.39, 0.29) is 23.8 Å². The topological polar surface area (TPSA) is 58.6 Å². The molecule has 0 aliphatic carbocycles.